The Morgan fingerprint density at radius 1 is 1.26 bits per heavy atom. The van der Waals surface area contributed by atoms with Crippen LogP contribution in [0.4, 0.5) is 0 Å². The van der Waals surface area contributed by atoms with E-state index >= 15 is 0 Å². The van der Waals surface area contributed by atoms with Crippen molar-refractivity contribution in [3.63, 3.8) is 0 Å². The number of thioether (sulfide) groups is 1. The van der Waals surface area contributed by atoms with Gasteiger partial charge in [-0.3, -0.25) is 14.4 Å². The van der Waals surface area contributed by atoms with Crippen molar-refractivity contribution in [3.8, 4) is 0 Å². The summed E-state index contributed by atoms with van der Waals surface area (Å²) in [6, 6.07) is -2.51. The zero-order valence-corrected chi connectivity index (χ0v) is 16.9. The molecule has 1 aliphatic rings. The Labute approximate surface area is 163 Å². The molecule has 1 saturated heterocycles. The van der Waals surface area contributed by atoms with Crippen molar-refractivity contribution < 1.29 is 24.3 Å². The number of rotatable bonds is 10. The number of hydrogen-bond donors (Lipinski definition) is 4. The Balaban J connectivity index is 2.89. The van der Waals surface area contributed by atoms with E-state index in [1.165, 1.54) is 16.7 Å². The van der Waals surface area contributed by atoms with E-state index in [9.17, 15) is 24.3 Å². The third-order valence-corrected chi connectivity index (χ3v) is 5.14. The Hall–Kier alpha value is -1.81. The van der Waals surface area contributed by atoms with E-state index in [0.29, 0.717) is 31.6 Å². The number of carbonyl (C=O) groups is 4. The molecule has 1 aliphatic heterocycles. The van der Waals surface area contributed by atoms with Crippen LogP contribution in [-0.4, -0.2) is 76.9 Å². The van der Waals surface area contributed by atoms with Gasteiger partial charge in [0.05, 0.1) is 6.54 Å². The van der Waals surface area contributed by atoms with Crippen LogP contribution in [-0.2, 0) is 19.2 Å². The maximum atomic E-state index is 12.9. The summed E-state index contributed by atoms with van der Waals surface area (Å²) < 4.78 is 0. The van der Waals surface area contributed by atoms with Crippen LogP contribution in [0.15, 0.2) is 0 Å². The first-order valence-corrected chi connectivity index (χ1v) is 10.4. The predicted octanol–water partition coefficient (Wildman–Crippen LogP) is -0.601. The normalized spacial score (nSPS) is 18.9. The minimum Gasteiger partial charge on any atom is -0.480 e. The van der Waals surface area contributed by atoms with E-state index in [0.717, 1.165) is 0 Å². The molecular weight excluding hydrogens is 372 g/mol. The van der Waals surface area contributed by atoms with Crippen molar-refractivity contribution in [3.05, 3.63) is 0 Å². The van der Waals surface area contributed by atoms with Crippen molar-refractivity contribution in [2.24, 2.45) is 11.7 Å². The van der Waals surface area contributed by atoms with Gasteiger partial charge in [0.2, 0.25) is 17.7 Å². The van der Waals surface area contributed by atoms with Gasteiger partial charge in [0.25, 0.3) is 0 Å². The number of carboxylic acids is 1. The van der Waals surface area contributed by atoms with Gasteiger partial charge in [0, 0.05) is 6.54 Å². The van der Waals surface area contributed by atoms with E-state index < -0.39 is 41.8 Å². The number of nitrogens with zero attached hydrogens (tertiary/aromatic N) is 1. The Kier molecular flexibility index (Phi) is 9.57. The van der Waals surface area contributed by atoms with Gasteiger partial charge in [-0.05, 0) is 37.2 Å². The number of carboxylic acid groups (broad SMARTS) is 1. The molecule has 0 aliphatic carbocycles. The van der Waals surface area contributed by atoms with E-state index in [1.54, 1.807) is 13.8 Å². The van der Waals surface area contributed by atoms with Crippen LogP contribution in [0, 0.1) is 5.92 Å². The summed E-state index contributed by atoms with van der Waals surface area (Å²) in [6.07, 6.45) is 3.31. The zero-order chi connectivity index (χ0) is 20.6. The molecule has 1 rings (SSSR count). The van der Waals surface area contributed by atoms with Crippen molar-refractivity contribution in [2.75, 3.05) is 25.1 Å². The molecule has 0 spiro atoms. The van der Waals surface area contributed by atoms with E-state index in [-0.39, 0.29) is 12.5 Å². The summed E-state index contributed by atoms with van der Waals surface area (Å²) in [4.78, 5) is 49.9. The van der Waals surface area contributed by atoms with Crippen LogP contribution in [0.1, 0.15) is 33.1 Å². The topological polar surface area (TPSA) is 142 Å². The number of nitrogens with two attached hydrogens (primary N) is 1. The highest BCUT2D eigenvalue weighted by molar-refractivity contribution is 7.98. The minimum atomic E-state index is -1.04. The molecule has 3 unspecified atom stereocenters. The van der Waals surface area contributed by atoms with Gasteiger partial charge in [-0.2, -0.15) is 11.8 Å². The summed E-state index contributed by atoms with van der Waals surface area (Å²) in [7, 11) is 0. The van der Waals surface area contributed by atoms with Crippen LogP contribution in [0.25, 0.3) is 0 Å². The Morgan fingerprint density at radius 3 is 2.44 bits per heavy atom. The lowest BCUT2D eigenvalue weighted by molar-refractivity contribution is -0.150. The molecule has 0 aromatic heterocycles. The molecule has 3 amide bonds. The quantitative estimate of drug-likeness (QED) is 0.382. The summed E-state index contributed by atoms with van der Waals surface area (Å²) in [5.41, 5.74) is 5.31. The van der Waals surface area contributed by atoms with Crippen LogP contribution in [0.5, 0.6) is 0 Å². The number of likely N-dealkylation sites (tertiary alicyclic amines) is 1. The smallest absolute Gasteiger partial charge is 0.326 e. The van der Waals surface area contributed by atoms with Crippen molar-refractivity contribution in [1.29, 1.82) is 0 Å². The van der Waals surface area contributed by atoms with Crippen LogP contribution in [0.2, 0.25) is 0 Å². The fraction of sp³-hybridized carbons (Fsp3) is 0.765. The number of nitrogens with one attached hydrogen (secondary N) is 2. The number of amides is 3. The highest BCUT2D eigenvalue weighted by atomic mass is 32.2. The third kappa shape index (κ3) is 6.69. The van der Waals surface area contributed by atoms with Gasteiger partial charge >= 0.3 is 5.97 Å². The van der Waals surface area contributed by atoms with Crippen LogP contribution < -0.4 is 16.4 Å². The largest absolute Gasteiger partial charge is 0.480 e. The second-order valence-electron chi connectivity index (χ2n) is 6.86. The average molecular weight is 403 g/mol. The summed E-state index contributed by atoms with van der Waals surface area (Å²) >= 11 is 1.53. The molecule has 10 heteroatoms. The fourth-order valence-corrected chi connectivity index (χ4v) is 3.46. The molecule has 5 N–H and O–H groups in total. The van der Waals surface area contributed by atoms with Crippen LogP contribution in [0.3, 0.4) is 0 Å². The molecule has 27 heavy (non-hydrogen) atoms. The second-order valence-corrected chi connectivity index (χ2v) is 7.85. The highest BCUT2D eigenvalue weighted by Crippen LogP contribution is 2.20. The zero-order valence-electron chi connectivity index (χ0n) is 16.1. The maximum absolute atomic E-state index is 12.9. The fourth-order valence-electron chi connectivity index (χ4n) is 2.99. The molecule has 0 radical (unpaired) electrons. The van der Waals surface area contributed by atoms with Crippen molar-refractivity contribution in [2.45, 2.75) is 51.2 Å². The van der Waals surface area contributed by atoms with E-state index in [1.807, 2.05) is 6.26 Å². The SMILES string of the molecule is CSCCC(NC(=O)CN)C(=O)NC(C(=O)N1CCCC1C(=O)O)C(C)C. The van der Waals surface area contributed by atoms with Gasteiger partial charge in [-0.1, -0.05) is 13.8 Å². The molecular formula is C17H30N4O5S. The lowest BCUT2D eigenvalue weighted by atomic mass is 10.0. The molecule has 154 valence electrons. The third-order valence-electron chi connectivity index (χ3n) is 4.50. The number of carbonyl (C=O) groups excluding carboxylic acids is 3. The standard InChI is InChI=1S/C17H30N4O5S/c1-10(2)14(16(24)21-7-4-5-12(21)17(25)26)20-15(23)11(6-8-27-3)19-13(22)9-18/h10-12,14H,4-9,18H2,1-3H3,(H,19,22)(H,20,23)(H,25,26). The Morgan fingerprint density at radius 2 is 1.93 bits per heavy atom. The number of hydrogen-bond acceptors (Lipinski definition) is 6. The first-order chi connectivity index (χ1) is 12.7. The summed E-state index contributed by atoms with van der Waals surface area (Å²) in [5, 5.41) is 14.6. The van der Waals surface area contributed by atoms with Gasteiger partial charge in [0.15, 0.2) is 0 Å². The molecule has 3 atom stereocenters. The van der Waals surface area contributed by atoms with Gasteiger partial charge < -0.3 is 26.4 Å². The first-order valence-electron chi connectivity index (χ1n) is 9.04. The molecule has 0 aromatic rings. The van der Waals surface area contributed by atoms with Gasteiger partial charge in [-0.25, -0.2) is 4.79 Å². The van der Waals surface area contributed by atoms with Gasteiger partial charge in [0.1, 0.15) is 18.1 Å². The lowest BCUT2D eigenvalue weighted by Gasteiger charge is -2.30. The molecule has 1 heterocycles. The monoisotopic (exact) mass is 402 g/mol. The van der Waals surface area contributed by atoms with Crippen molar-refractivity contribution in [1.82, 2.24) is 15.5 Å². The predicted molar refractivity (Wildman–Crippen MR) is 103 cm³/mol. The van der Waals surface area contributed by atoms with Crippen molar-refractivity contribution >= 4 is 35.5 Å². The first kappa shape index (κ1) is 23.2. The molecule has 1 fully saturated rings. The van der Waals surface area contributed by atoms with E-state index in [4.69, 9.17) is 5.73 Å². The van der Waals surface area contributed by atoms with E-state index in [2.05, 4.69) is 10.6 Å². The lowest BCUT2D eigenvalue weighted by Crippen LogP contribution is -2.57. The van der Waals surface area contributed by atoms with Gasteiger partial charge in [-0.15, -0.1) is 0 Å². The Bertz CT molecular complexity index is 557. The highest BCUT2D eigenvalue weighted by Gasteiger charge is 2.39. The summed E-state index contributed by atoms with van der Waals surface area (Å²) in [5.74, 6) is -1.95. The number of aliphatic carboxylic acids is 1. The maximum Gasteiger partial charge on any atom is 0.326 e. The minimum absolute atomic E-state index is 0.232. The average Bonchev–Trinajstić information content (AvgIpc) is 3.11. The van der Waals surface area contributed by atoms with Crippen LogP contribution >= 0.6 is 11.8 Å². The molecule has 0 bridgehead atoms. The molecule has 9 nitrogen and oxygen atoms in total. The molecule has 0 saturated carbocycles. The molecule has 0 aromatic carbocycles. The summed E-state index contributed by atoms with van der Waals surface area (Å²) in [6.45, 7) is 3.69. The second kappa shape index (κ2) is 11.1.